The fraction of sp³-hybridized carbons (Fsp3) is 0.333. The summed E-state index contributed by atoms with van der Waals surface area (Å²) in [5.74, 6) is 1.74. The molecule has 0 amide bonds. The number of allylic oxidation sites excluding steroid dienone is 1. The summed E-state index contributed by atoms with van der Waals surface area (Å²) in [6.07, 6.45) is 3.80. The van der Waals surface area contributed by atoms with Gasteiger partial charge in [-0.05, 0) is 47.4 Å². The van der Waals surface area contributed by atoms with Crippen LogP contribution in [0.1, 0.15) is 12.0 Å². The van der Waals surface area contributed by atoms with Crippen molar-refractivity contribution >= 4 is 0 Å². The number of ether oxygens (including phenoxy) is 4. The minimum Gasteiger partial charge on any atom is -0.490 e. The van der Waals surface area contributed by atoms with Crippen LogP contribution in [0.3, 0.4) is 0 Å². The van der Waals surface area contributed by atoms with E-state index in [0.717, 1.165) is 54.2 Å². The molecule has 2 aromatic rings. The summed E-state index contributed by atoms with van der Waals surface area (Å²) in [4.78, 5) is 0. The Hall–Kier alpha value is -2.30. The van der Waals surface area contributed by atoms with Crippen LogP contribution in [0.15, 0.2) is 55.1 Å². The fourth-order valence-electron chi connectivity index (χ4n) is 2.75. The van der Waals surface area contributed by atoms with Crippen LogP contribution in [-0.2, 0) is 15.9 Å². The van der Waals surface area contributed by atoms with E-state index in [-0.39, 0.29) is 12.4 Å². The molecule has 0 spiro atoms. The second-order valence-corrected chi connectivity index (χ2v) is 6.31. The molecular weight excluding hydrogens is 316 g/mol. The van der Waals surface area contributed by atoms with E-state index >= 15 is 0 Å². The van der Waals surface area contributed by atoms with Crippen molar-refractivity contribution in [3.05, 3.63) is 60.7 Å². The highest BCUT2D eigenvalue weighted by molar-refractivity contribution is 5.66. The van der Waals surface area contributed by atoms with Gasteiger partial charge in [-0.2, -0.15) is 0 Å². The van der Waals surface area contributed by atoms with Crippen molar-refractivity contribution in [3.63, 3.8) is 0 Å². The minimum absolute atomic E-state index is 0.0862. The first-order chi connectivity index (χ1) is 12.3. The van der Waals surface area contributed by atoms with Crippen LogP contribution in [0.4, 0.5) is 0 Å². The third-order valence-corrected chi connectivity index (χ3v) is 4.36. The lowest BCUT2D eigenvalue weighted by molar-refractivity contribution is -0.165. The number of benzene rings is 2. The van der Waals surface area contributed by atoms with Gasteiger partial charge in [0.1, 0.15) is 24.2 Å². The van der Waals surface area contributed by atoms with Crippen LogP contribution in [0, 0.1) is 0 Å². The predicted molar refractivity (Wildman–Crippen MR) is 96.0 cm³/mol. The first kappa shape index (κ1) is 16.2. The monoisotopic (exact) mass is 338 g/mol. The number of rotatable bonds is 8. The molecule has 4 nitrogen and oxygen atoms in total. The van der Waals surface area contributed by atoms with E-state index < -0.39 is 0 Å². The maximum Gasteiger partial charge on any atom is 0.202 e. The van der Waals surface area contributed by atoms with Crippen LogP contribution in [-0.4, -0.2) is 32.2 Å². The van der Waals surface area contributed by atoms with Gasteiger partial charge in [-0.25, -0.2) is 0 Å². The van der Waals surface area contributed by atoms with Gasteiger partial charge in [0.05, 0.1) is 13.2 Å². The summed E-state index contributed by atoms with van der Waals surface area (Å²) in [6, 6.07) is 14.4. The van der Waals surface area contributed by atoms with E-state index in [0.29, 0.717) is 6.61 Å². The Labute approximate surface area is 148 Å². The van der Waals surface area contributed by atoms with Gasteiger partial charge in [0, 0.05) is 6.42 Å². The molecule has 0 saturated carbocycles. The number of hydrogen-bond acceptors (Lipinski definition) is 4. The number of epoxide rings is 1. The molecule has 0 aromatic heterocycles. The second kappa shape index (κ2) is 7.30. The predicted octanol–water partition coefficient (Wildman–Crippen LogP) is 3.98. The minimum atomic E-state index is -0.0862. The average molecular weight is 338 g/mol. The van der Waals surface area contributed by atoms with E-state index in [2.05, 4.69) is 30.8 Å². The summed E-state index contributed by atoms with van der Waals surface area (Å²) < 4.78 is 22.1. The molecule has 2 saturated heterocycles. The largest absolute Gasteiger partial charge is 0.490 e. The fourth-order valence-corrected chi connectivity index (χ4v) is 2.75. The zero-order valence-corrected chi connectivity index (χ0v) is 14.1. The summed E-state index contributed by atoms with van der Waals surface area (Å²) in [5.41, 5.74) is 3.43. The van der Waals surface area contributed by atoms with Gasteiger partial charge in [0.25, 0.3) is 0 Å². The van der Waals surface area contributed by atoms with Gasteiger partial charge < -0.3 is 18.9 Å². The lowest BCUT2D eigenvalue weighted by Crippen LogP contribution is -2.32. The van der Waals surface area contributed by atoms with Crippen molar-refractivity contribution in [2.75, 3.05) is 19.8 Å². The van der Waals surface area contributed by atoms with Gasteiger partial charge in [-0.15, -0.1) is 6.58 Å². The first-order valence-electron chi connectivity index (χ1n) is 8.69. The molecule has 2 aliphatic heterocycles. The molecule has 4 rings (SSSR count). The van der Waals surface area contributed by atoms with E-state index in [1.807, 2.05) is 24.3 Å². The first-order valence-corrected chi connectivity index (χ1v) is 8.69. The highest BCUT2D eigenvalue weighted by atomic mass is 16.7. The molecule has 130 valence electrons. The molecule has 2 aromatic carbocycles. The third kappa shape index (κ3) is 4.03. The Morgan fingerprint density at radius 2 is 1.84 bits per heavy atom. The molecule has 2 aliphatic rings. The Morgan fingerprint density at radius 3 is 2.48 bits per heavy atom. The van der Waals surface area contributed by atoms with Crippen molar-refractivity contribution in [3.8, 4) is 22.6 Å². The Bertz CT molecular complexity index is 730. The SMILES string of the molecule is C=CCc1cc(-c2ccc(OC3CCO3)cc2)ccc1OCC1CO1. The third-order valence-electron chi connectivity index (χ3n) is 4.36. The van der Waals surface area contributed by atoms with E-state index in [1.54, 1.807) is 0 Å². The number of hydrogen-bond donors (Lipinski definition) is 0. The van der Waals surface area contributed by atoms with Crippen molar-refractivity contribution in [2.24, 2.45) is 0 Å². The van der Waals surface area contributed by atoms with Gasteiger partial charge in [-0.3, -0.25) is 0 Å². The Morgan fingerprint density at radius 1 is 1.08 bits per heavy atom. The maximum absolute atomic E-state index is 5.88. The zero-order valence-electron chi connectivity index (χ0n) is 14.1. The molecule has 0 N–H and O–H groups in total. The van der Waals surface area contributed by atoms with Crippen LogP contribution in [0.2, 0.25) is 0 Å². The van der Waals surface area contributed by atoms with Crippen molar-refractivity contribution in [1.82, 2.24) is 0 Å². The molecule has 0 radical (unpaired) electrons. The van der Waals surface area contributed by atoms with Crippen molar-refractivity contribution in [2.45, 2.75) is 25.2 Å². The van der Waals surface area contributed by atoms with E-state index in [4.69, 9.17) is 18.9 Å². The molecular formula is C21H22O4. The van der Waals surface area contributed by atoms with Gasteiger partial charge in [-0.1, -0.05) is 24.3 Å². The quantitative estimate of drug-likeness (QED) is 0.539. The van der Waals surface area contributed by atoms with E-state index in [9.17, 15) is 0 Å². The van der Waals surface area contributed by atoms with Crippen LogP contribution < -0.4 is 9.47 Å². The molecule has 25 heavy (non-hydrogen) atoms. The average Bonchev–Trinajstić information content (AvgIpc) is 3.42. The highest BCUT2D eigenvalue weighted by Gasteiger charge is 2.23. The summed E-state index contributed by atoms with van der Waals surface area (Å²) in [7, 11) is 0. The Balaban J connectivity index is 1.49. The van der Waals surface area contributed by atoms with Crippen LogP contribution in [0.25, 0.3) is 11.1 Å². The molecule has 2 atom stereocenters. The van der Waals surface area contributed by atoms with Crippen molar-refractivity contribution in [1.29, 1.82) is 0 Å². The molecule has 2 unspecified atom stereocenters. The molecule has 4 heteroatoms. The zero-order chi connectivity index (χ0) is 17.1. The molecule has 2 heterocycles. The standard InChI is InChI=1S/C21H22O4/c1-2-3-17-12-16(6-9-20(17)24-14-19-13-23-19)15-4-7-18(8-5-15)25-21-10-11-22-21/h2,4-9,12,19,21H,1,3,10-11,13-14H2. The van der Waals surface area contributed by atoms with Crippen LogP contribution in [0.5, 0.6) is 11.5 Å². The summed E-state index contributed by atoms with van der Waals surface area (Å²) >= 11 is 0. The summed E-state index contributed by atoms with van der Waals surface area (Å²) in [6.45, 7) is 6.05. The Kier molecular flexibility index (Phi) is 4.72. The van der Waals surface area contributed by atoms with Gasteiger partial charge in [0.2, 0.25) is 6.29 Å². The molecule has 2 fully saturated rings. The summed E-state index contributed by atoms with van der Waals surface area (Å²) in [5, 5.41) is 0. The topological polar surface area (TPSA) is 40.2 Å². The second-order valence-electron chi connectivity index (χ2n) is 6.31. The van der Waals surface area contributed by atoms with Gasteiger partial charge in [0.15, 0.2) is 0 Å². The van der Waals surface area contributed by atoms with E-state index in [1.165, 1.54) is 0 Å². The lowest BCUT2D eigenvalue weighted by Gasteiger charge is -2.26. The maximum atomic E-state index is 5.88. The normalized spacial score (nSPS) is 21.3. The smallest absolute Gasteiger partial charge is 0.202 e. The lowest BCUT2D eigenvalue weighted by atomic mass is 10.0. The highest BCUT2D eigenvalue weighted by Crippen LogP contribution is 2.30. The van der Waals surface area contributed by atoms with Crippen LogP contribution >= 0.6 is 0 Å². The van der Waals surface area contributed by atoms with Gasteiger partial charge >= 0.3 is 0 Å². The molecule has 0 bridgehead atoms. The molecule has 0 aliphatic carbocycles. The van der Waals surface area contributed by atoms with Crippen molar-refractivity contribution < 1.29 is 18.9 Å².